The van der Waals surface area contributed by atoms with E-state index in [0.29, 0.717) is 17.2 Å². The maximum Gasteiger partial charge on any atom is 0.318 e. The second-order valence-electron chi connectivity index (χ2n) is 8.41. The molecule has 2 fully saturated rings. The molecule has 2 aromatic rings. The van der Waals surface area contributed by atoms with Crippen LogP contribution in [-0.2, 0) is 4.79 Å². The average molecular weight is 438 g/mol. The van der Waals surface area contributed by atoms with Crippen LogP contribution in [0.25, 0.3) is 0 Å². The Labute approximate surface area is 183 Å². The van der Waals surface area contributed by atoms with Gasteiger partial charge in [0.1, 0.15) is 5.75 Å². The van der Waals surface area contributed by atoms with Crippen LogP contribution in [-0.4, -0.2) is 22.0 Å². The minimum absolute atomic E-state index is 0.0374. The highest BCUT2D eigenvalue weighted by Crippen LogP contribution is 2.66. The molecule has 10 heteroatoms. The van der Waals surface area contributed by atoms with Crippen LogP contribution in [0, 0.1) is 37.5 Å². The van der Waals surface area contributed by atoms with Crippen molar-refractivity contribution in [3.63, 3.8) is 0 Å². The van der Waals surface area contributed by atoms with Crippen molar-refractivity contribution in [2.24, 2.45) is 22.4 Å². The second kappa shape index (κ2) is 8.37. The van der Waals surface area contributed by atoms with Crippen LogP contribution in [0.4, 0.5) is 11.4 Å². The third-order valence-corrected chi connectivity index (χ3v) is 6.46. The van der Waals surface area contributed by atoms with E-state index >= 15 is 0 Å². The van der Waals surface area contributed by atoms with Crippen molar-refractivity contribution in [3.05, 3.63) is 68.3 Å². The maximum atomic E-state index is 12.4. The summed E-state index contributed by atoms with van der Waals surface area (Å²) in [5, 5.41) is 26.1. The molecule has 32 heavy (non-hydrogen) atoms. The first-order chi connectivity index (χ1) is 15.3. The van der Waals surface area contributed by atoms with E-state index in [1.807, 2.05) is 0 Å². The molecule has 0 saturated heterocycles. The molecule has 2 saturated carbocycles. The smallest absolute Gasteiger partial charge is 0.318 e. The Kier molecular flexibility index (Phi) is 5.60. The predicted octanol–water partition coefficient (Wildman–Crippen LogP) is 4.57. The first-order valence-corrected chi connectivity index (χ1v) is 10.3. The predicted molar refractivity (Wildman–Crippen MR) is 116 cm³/mol. The summed E-state index contributed by atoms with van der Waals surface area (Å²) in [6.45, 7) is 2.18. The third-order valence-electron chi connectivity index (χ3n) is 6.46. The summed E-state index contributed by atoms with van der Waals surface area (Å²) in [6.07, 6.45) is 6.08. The third kappa shape index (κ3) is 4.16. The first-order valence-electron chi connectivity index (χ1n) is 10.3. The van der Waals surface area contributed by atoms with Crippen LogP contribution in [0.15, 0.2) is 47.6 Å². The van der Waals surface area contributed by atoms with Gasteiger partial charge in [0.25, 0.3) is 5.69 Å². The minimum atomic E-state index is -0.734. The number of hydrogen-bond acceptors (Lipinski definition) is 7. The van der Waals surface area contributed by atoms with Crippen LogP contribution in [0.1, 0.15) is 38.2 Å². The summed E-state index contributed by atoms with van der Waals surface area (Å²) in [7, 11) is 0. The first kappa shape index (κ1) is 21.4. The second-order valence-corrected chi connectivity index (χ2v) is 8.41. The summed E-state index contributed by atoms with van der Waals surface area (Å²) in [5.74, 6) is 0.676. The van der Waals surface area contributed by atoms with E-state index in [2.05, 4.69) is 17.5 Å². The zero-order valence-electron chi connectivity index (χ0n) is 17.4. The van der Waals surface area contributed by atoms with Gasteiger partial charge in [-0.15, -0.1) is 0 Å². The Hall–Kier alpha value is -3.82. The monoisotopic (exact) mass is 438 g/mol. The summed E-state index contributed by atoms with van der Waals surface area (Å²) in [5.41, 5.74) is 2.57. The average Bonchev–Trinajstić information content (AvgIpc) is 3.40. The van der Waals surface area contributed by atoms with E-state index in [1.54, 1.807) is 24.3 Å². The lowest BCUT2D eigenvalue weighted by Gasteiger charge is -2.15. The van der Waals surface area contributed by atoms with E-state index < -0.39 is 21.2 Å². The molecule has 0 radical (unpaired) electrons. The molecule has 2 aromatic carbocycles. The number of nitro benzene ring substituents is 2. The molecule has 0 aliphatic heterocycles. The fourth-order valence-electron chi connectivity index (χ4n) is 4.69. The van der Waals surface area contributed by atoms with Crippen LogP contribution in [0.3, 0.4) is 0 Å². The quantitative estimate of drug-likeness (QED) is 0.382. The Balaban J connectivity index is 1.37. The van der Waals surface area contributed by atoms with Gasteiger partial charge in [0.15, 0.2) is 0 Å². The Morgan fingerprint density at radius 2 is 1.91 bits per heavy atom. The van der Waals surface area contributed by atoms with Crippen molar-refractivity contribution < 1.29 is 19.4 Å². The number of fused-ring (bicyclic) bond motifs is 1. The Morgan fingerprint density at radius 1 is 1.16 bits per heavy atom. The maximum absolute atomic E-state index is 12.4. The lowest BCUT2D eigenvalue weighted by atomic mass is 9.90. The van der Waals surface area contributed by atoms with Crippen LogP contribution >= 0.6 is 0 Å². The molecule has 2 aliphatic rings. The molecular formula is C22H22N4O6. The highest BCUT2D eigenvalue weighted by Gasteiger charge is 2.64. The molecule has 10 nitrogen and oxygen atoms in total. The molecule has 0 heterocycles. The largest absolute Gasteiger partial charge is 0.450 e. The lowest BCUT2D eigenvalue weighted by Crippen LogP contribution is -2.22. The molecule has 0 aromatic heterocycles. The topological polar surface area (TPSA) is 137 Å². The molecule has 1 N–H and O–H groups in total. The molecule has 166 valence electrons. The lowest BCUT2D eigenvalue weighted by molar-refractivity contribution is -0.394. The number of hydrazone groups is 1. The van der Waals surface area contributed by atoms with Gasteiger partial charge in [0.05, 0.1) is 22.1 Å². The molecule has 3 atom stereocenters. The van der Waals surface area contributed by atoms with Gasteiger partial charge in [-0.1, -0.05) is 19.8 Å². The molecule has 1 amide bonds. The van der Waals surface area contributed by atoms with Crippen molar-refractivity contribution in [1.82, 2.24) is 5.43 Å². The summed E-state index contributed by atoms with van der Waals surface area (Å²) >= 11 is 0. The zero-order chi connectivity index (χ0) is 22.9. The van der Waals surface area contributed by atoms with Gasteiger partial charge in [-0.3, -0.25) is 25.0 Å². The number of carbonyl (C=O) groups excluding carboxylic acids is 1. The number of nitrogens with one attached hydrogen (secondary N) is 1. The zero-order valence-corrected chi connectivity index (χ0v) is 17.4. The van der Waals surface area contributed by atoms with Gasteiger partial charge in [-0.2, -0.15) is 5.10 Å². The number of ether oxygens (including phenoxy) is 1. The van der Waals surface area contributed by atoms with Gasteiger partial charge in [0, 0.05) is 12.0 Å². The molecule has 0 bridgehead atoms. The van der Waals surface area contributed by atoms with Gasteiger partial charge < -0.3 is 4.74 Å². The summed E-state index contributed by atoms with van der Waals surface area (Å²) in [4.78, 5) is 33.1. The van der Waals surface area contributed by atoms with Crippen molar-refractivity contribution >= 4 is 23.5 Å². The number of carbonyl (C=O) groups is 1. The fourth-order valence-corrected chi connectivity index (χ4v) is 4.69. The van der Waals surface area contributed by atoms with Crippen molar-refractivity contribution in [2.45, 2.75) is 32.6 Å². The summed E-state index contributed by atoms with van der Waals surface area (Å²) < 4.78 is 5.53. The van der Waals surface area contributed by atoms with Gasteiger partial charge >= 0.3 is 5.69 Å². The van der Waals surface area contributed by atoms with Crippen molar-refractivity contribution in [2.75, 3.05) is 0 Å². The number of amides is 1. The number of non-ortho nitro benzene ring substituents is 1. The summed E-state index contributed by atoms with van der Waals surface area (Å²) in [6, 6.07) is 9.73. The van der Waals surface area contributed by atoms with E-state index in [4.69, 9.17) is 4.74 Å². The molecular weight excluding hydrogens is 416 g/mol. The number of nitro groups is 2. The fraction of sp³-hybridized carbons (Fsp3) is 0.364. The van der Waals surface area contributed by atoms with Crippen LogP contribution in [0.5, 0.6) is 11.5 Å². The molecule has 2 aliphatic carbocycles. The van der Waals surface area contributed by atoms with Gasteiger partial charge in [0.2, 0.25) is 11.7 Å². The van der Waals surface area contributed by atoms with Gasteiger partial charge in [-0.05, 0) is 60.1 Å². The molecule has 0 spiro atoms. The standard InChI is InChI=1S/C22H22N4O6/c1-22-11-3-2-4-17(22)20(22)21(27)24-23-13-14-5-8-16(9-6-14)32-19-10-7-15(25(28)29)12-18(19)26(30)31/h5-10,12-13,17,20H,2-4,11H2,1H3,(H,24,27)/b23-13-/t17-,20-,22+/m1/s1. The molecule has 0 unspecified atom stereocenters. The normalized spacial score (nSPS) is 23.9. The number of benzene rings is 2. The van der Waals surface area contributed by atoms with E-state index in [0.717, 1.165) is 25.0 Å². The minimum Gasteiger partial charge on any atom is -0.450 e. The van der Waals surface area contributed by atoms with Crippen LogP contribution < -0.4 is 10.2 Å². The SMILES string of the molecule is C[C@]12CCCC[C@@H]1[C@@H]2C(=O)N/N=C\c1ccc(Oc2ccc([N+](=O)[O-])cc2[N+](=O)[O-])cc1. The van der Waals surface area contributed by atoms with Gasteiger partial charge in [-0.25, -0.2) is 5.43 Å². The molecule has 4 rings (SSSR count). The van der Waals surface area contributed by atoms with Crippen molar-refractivity contribution in [1.29, 1.82) is 0 Å². The number of rotatable bonds is 7. The highest BCUT2D eigenvalue weighted by atomic mass is 16.6. The number of nitrogens with zero attached hydrogens (tertiary/aromatic N) is 3. The van der Waals surface area contributed by atoms with E-state index in [-0.39, 0.29) is 23.0 Å². The van der Waals surface area contributed by atoms with E-state index in [9.17, 15) is 25.0 Å². The Bertz CT molecular complexity index is 1100. The number of hydrogen-bond donors (Lipinski definition) is 1. The van der Waals surface area contributed by atoms with E-state index in [1.165, 1.54) is 25.1 Å². The van der Waals surface area contributed by atoms with Crippen LogP contribution in [0.2, 0.25) is 0 Å². The van der Waals surface area contributed by atoms with Crippen molar-refractivity contribution in [3.8, 4) is 11.5 Å². The Morgan fingerprint density at radius 3 is 2.53 bits per heavy atom. The highest BCUT2D eigenvalue weighted by molar-refractivity contribution is 5.86.